The number of allylic oxidation sites excluding steroid dienone is 1. The smallest absolute Gasteiger partial charge is 0.0882 e. The number of aryl methyl sites for hydroxylation is 3. The zero-order valence-electron chi connectivity index (χ0n) is 33.5. The van der Waals surface area contributed by atoms with Gasteiger partial charge in [-0.3, -0.25) is 0 Å². The van der Waals surface area contributed by atoms with Crippen LogP contribution in [-0.4, -0.2) is 11.2 Å². The fourth-order valence-electron chi connectivity index (χ4n) is 7.65. The molecule has 3 rings (SSSR count). The van der Waals surface area contributed by atoms with Gasteiger partial charge >= 0.3 is 0 Å². The van der Waals surface area contributed by atoms with Crippen LogP contribution in [-0.2, 0) is 32.1 Å². The molecule has 50 heavy (non-hydrogen) atoms. The summed E-state index contributed by atoms with van der Waals surface area (Å²) in [5.74, 6) is 0. The first-order valence-corrected chi connectivity index (χ1v) is 21.1. The highest BCUT2D eigenvalue weighted by Crippen LogP contribution is 2.34. The molecule has 274 valence electrons. The number of unbranched alkanes of at least 4 members (excludes halogenated alkanes) is 11. The summed E-state index contributed by atoms with van der Waals surface area (Å²) in [6.45, 7) is 17.0. The van der Waals surface area contributed by atoms with Crippen molar-refractivity contribution >= 4 is 11.8 Å². The van der Waals surface area contributed by atoms with E-state index in [-0.39, 0.29) is 0 Å². The number of hydrogen-bond acceptors (Lipinski definition) is 1. The van der Waals surface area contributed by atoms with E-state index in [0.29, 0.717) is 0 Å². The molecule has 0 aliphatic heterocycles. The number of hydrogen-bond donors (Lipinski definition) is 0. The van der Waals surface area contributed by atoms with Gasteiger partial charge in [-0.05, 0) is 120 Å². The second-order valence-corrected chi connectivity index (χ2v) is 14.5. The largest absolute Gasteiger partial charge is 0.208 e. The minimum atomic E-state index is 0.850. The molecule has 0 heterocycles. The predicted octanol–water partition coefficient (Wildman–Crippen LogP) is 15.2. The maximum absolute atomic E-state index is 5.40. The second-order valence-electron chi connectivity index (χ2n) is 14.5. The molecular formula is C48H73N2+. The van der Waals surface area contributed by atoms with E-state index >= 15 is 0 Å². The molecule has 0 bridgehead atoms. The van der Waals surface area contributed by atoms with Crippen molar-refractivity contribution in [2.45, 2.75) is 177 Å². The van der Waals surface area contributed by atoms with Crippen LogP contribution in [0, 0.1) is 0 Å². The average Bonchev–Trinajstić information content (AvgIpc) is 3.15. The van der Waals surface area contributed by atoms with Gasteiger partial charge in [0.15, 0.2) is 6.54 Å². The minimum absolute atomic E-state index is 0.850. The maximum Gasteiger partial charge on any atom is 0.208 e. The monoisotopic (exact) mass is 678 g/mol. The molecule has 0 fully saturated rings. The van der Waals surface area contributed by atoms with Crippen LogP contribution in [0.25, 0.3) is 17.2 Å². The average molecular weight is 678 g/mol. The molecule has 2 nitrogen and oxygen atoms in total. The molecule has 0 unspecified atom stereocenters. The number of rotatable bonds is 25. The van der Waals surface area contributed by atoms with Crippen LogP contribution in [0.15, 0.2) is 65.4 Å². The van der Waals surface area contributed by atoms with Crippen molar-refractivity contribution in [3.63, 3.8) is 0 Å². The Morgan fingerprint density at radius 2 is 1.12 bits per heavy atom. The molecule has 3 aromatic carbocycles. The summed E-state index contributed by atoms with van der Waals surface area (Å²) in [5, 5.41) is 5.40. The number of nitrogens with zero attached hydrogens (tertiary/aromatic N) is 2. The highest BCUT2D eigenvalue weighted by molar-refractivity contribution is 5.72. The topological polar surface area (TPSA) is 15.4 Å². The number of benzene rings is 3. The molecule has 0 N–H and O–H groups in total. The molecule has 0 spiro atoms. The van der Waals surface area contributed by atoms with Crippen molar-refractivity contribution in [1.82, 2.24) is 0 Å². The fraction of sp³-hybridized carbons (Fsp3) is 0.583. The molecule has 2 heteroatoms. The summed E-state index contributed by atoms with van der Waals surface area (Å²) in [6.07, 6.45) is 27.6. The lowest BCUT2D eigenvalue weighted by atomic mass is 9.89. The summed E-state index contributed by atoms with van der Waals surface area (Å²) in [6, 6.07) is 20.8. The van der Waals surface area contributed by atoms with Crippen LogP contribution in [0.1, 0.15) is 178 Å². The predicted molar refractivity (Wildman–Crippen MR) is 221 cm³/mol. The lowest BCUT2D eigenvalue weighted by Gasteiger charge is -2.17. The highest BCUT2D eigenvalue weighted by Gasteiger charge is 2.18. The van der Waals surface area contributed by atoms with E-state index in [0.717, 1.165) is 37.9 Å². The number of azo groups is 2. The van der Waals surface area contributed by atoms with Crippen molar-refractivity contribution in [2.75, 3.05) is 6.54 Å². The van der Waals surface area contributed by atoms with Gasteiger partial charge in [0, 0.05) is 12.5 Å². The standard InChI is InChI=1S/C48H73N2/c1-8-15-18-21-22-28-33-47-40(11-4)34-39(35-42(47)31-24-19-16-9-2)36-45(12-5)50(14-7)49-44-37-43(32-25-20-17-10-3)46(13-6)48(38-44)41-29-26-23-27-30-41/h23,26-27,29-30,34-38H,8-22,24-25,28,31-33H2,1-7H3/q+1. The van der Waals surface area contributed by atoms with Gasteiger partial charge in [0.05, 0.1) is 0 Å². The van der Waals surface area contributed by atoms with Crippen LogP contribution >= 0.6 is 0 Å². The molecule has 0 radical (unpaired) electrons. The van der Waals surface area contributed by atoms with Gasteiger partial charge < -0.3 is 0 Å². The van der Waals surface area contributed by atoms with E-state index in [1.165, 1.54) is 136 Å². The van der Waals surface area contributed by atoms with E-state index in [9.17, 15) is 0 Å². The van der Waals surface area contributed by atoms with Gasteiger partial charge in [0.25, 0.3) is 0 Å². The van der Waals surface area contributed by atoms with Crippen molar-refractivity contribution in [3.8, 4) is 11.1 Å². The molecule has 0 amide bonds. The van der Waals surface area contributed by atoms with Gasteiger partial charge in [0.1, 0.15) is 5.69 Å². The van der Waals surface area contributed by atoms with E-state index in [4.69, 9.17) is 5.11 Å². The van der Waals surface area contributed by atoms with Crippen LogP contribution < -0.4 is 0 Å². The van der Waals surface area contributed by atoms with E-state index in [1.807, 2.05) is 0 Å². The zero-order valence-corrected chi connectivity index (χ0v) is 33.5. The minimum Gasteiger partial charge on any atom is -0.0882 e. The van der Waals surface area contributed by atoms with Gasteiger partial charge in [0.2, 0.25) is 5.70 Å². The van der Waals surface area contributed by atoms with Crippen LogP contribution in [0.5, 0.6) is 0 Å². The quantitative estimate of drug-likeness (QED) is 0.0482. The van der Waals surface area contributed by atoms with E-state index < -0.39 is 0 Å². The Morgan fingerprint density at radius 1 is 0.560 bits per heavy atom. The summed E-state index contributed by atoms with van der Waals surface area (Å²) in [5.41, 5.74) is 14.1. The summed E-state index contributed by atoms with van der Waals surface area (Å²) in [7, 11) is 0. The molecule has 0 saturated carbocycles. The SMILES string of the molecule is CCCCCCCCc1c(CC)cc(C=C(CC)[N+](CC)=Nc2cc(CCCCCC)c(CC)c(-c3ccccc3)c2)cc1CCCCCC. The zero-order chi connectivity index (χ0) is 36.0. The van der Waals surface area contributed by atoms with E-state index in [2.05, 4.69) is 114 Å². The molecule has 0 aliphatic rings. The van der Waals surface area contributed by atoms with Gasteiger partial charge in [-0.1, -0.05) is 159 Å². The third-order valence-corrected chi connectivity index (χ3v) is 10.5. The van der Waals surface area contributed by atoms with Gasteiger partial charge in [-0.15, -0.1) is 0 Å². The summed E-state index contributed by atoms with van der Waals surface area (Å²) in [4.78, 5) is 0. The van der Waals surface area contributed by atoms with Gasteiger partial charge in [-0.2, -0.15) is 0 Å². The lowest BCUT2D eigenvalue weighted by molar-refractivity contribution is -0.539. The Kier molecular flexibility index (Phi) is 20.1. The van der Waals surface area contributed by atoms with Crippen molar-refractivity contribution in [1.29, 1.82) is 0 Å². The van der Waals surface area contributed by atoms with Crippen molar-refractivity contribution in [2.24, 2.45) is 5.11 Å². The molecule has 0 aliphatic carbocycles. The molecule has 0 saturated heterocycles. The third-order valence-electron chi connectivity index (χ3n) is 10.5. The lowest BCUT2D eigenvalue weighted by Crippen LogP contribution is -2.08. The Bertz CT molecular complexity index is 1440. The normalized spacial score (nSPS) is 12.2. The molecular weight excluding hydrogens is 605 g/mol. The van der Waals surface area contributed by atoms with Crippen LogP contribution in [0.3, 0.4) is 0 Å². The first kappa shape index (κ1) is 41.4. The Morgan fingerprint density at radius 3 is 1.70 bits per heavy atom. The van der Waals surface area contributed by atoms with Crippen molar-refractivity contribution < 1.29 is 4.70 Å². The molecule has 0 atom stereocenters. The van der Waals surface area contributed by atoms with Crippen molar-refractivity contribution in [3.05, 3.63) is 93.7 Å². The van der Waals surface area contributed by atoms with Gasteiger partial charge in [-0.25, -0.2) is 0 Å². The third kappa shape index (κ3) is 13.3. The molecule has 3 aromatic rings. The summed E-state index contributed by atoms with van der Waals surface area (Å²) < 4.78 is 2.27. The first-order valence-electron chi connectivity index (χ1n) is 21.1. The highest BCUT2D eigenvalue weighted by atomic mass is 15.3. The van der Waals surface area contributed by atoms with E-state index in [1.54, 1.807) is 16.7 Å². The first-order chi connectivity index (χ1) is 24.5. The van der Waals surface area contributed by atoms with Crippen LogP contribution in [0.4, 0.5) is 5.69 Å². The molecule has 0 aromatic heterocycles. The Labute approximate surface area is 308 Å². The summed E-state index contributed by atoms with van der Waals surface area (Å²) >= 11 is 0. The van der Waals surface area contributed by atoms with Crippen LogP contribution in [0.2, 0.25) is 0 Å². The fourth-order valence-corrected chi connectivity index (χ4v) is 7.65. The Hall–Kier alpha value is -3.00. The Balaban J connectivity index is 2.03. The maximum atomic E-state index is 5.40. The second kappa shape index (κ2) is 24.2.